The van der Waals surface area contributed by atoms with Crippen LogP contribution in [0.2, 0.25) is 0 Å². The largest absolute Gasteiger partial charge is 0.493 e. The molecule has 0 amide bonds. The number of methoxy groups -OCH3 is 1. The number of carbonyl (C=O) groups is 1. The Morgan fingerprint density at radius 2 is 1.84 bits per heavy atom. The predicted molar refractivity (Wildman–Crippen MR) is 102 cm³/mol. The fraction of sp³-hybridized carbons (Fsp3) is 0.316. The van der Waals surface area contributed by atoms with Crippen LogP contribution in [0.4, 0.5) is 5.69 Å². The first-order valence-electron chi connectivity index (χ1n) is 8.09. The lowest BCUT2D eigenvalue weighted by Crippen LogP contribution is -2.06. The third-order valence-electron chi connectivity index (χ3n) is 3.48. The van der Waals surface area contributed by atoms with Crippen LogP contribution >= 0.6 is 15.9 Å². The first kappa shape index (κ1) is 19.1. The van der Waals surface area contributed by atoms with Crippen molar-refractivity contribution in [2.24, 2.45) is 0 Å². The summed E-state index contributed by atoms with van der Waals surface area (Å²) < 4.78 is 17.0. The van der Waals surface area contributed by atoms with E-state index in [2.05, 4.69) is 21.2 Å². The molecular weight excluding hydrogens is 386 g/mol. The lowest BCUT2D eigenvalue weighted by molar-refractivity contribution is 0.0526. The molecule has 0 aliphatic heterocycles. The Morgan fingerprint density at radius 1 is 1.12 bits per heavy atom. The van der Waals surface area contributed by atoms with Crippen LogP contribution in [0.25, 0.3) is 0 Å². The number of hydrogen-bond acceptors (Lipinski definition) is 5. The van der Waals surface area contributed by atoms with Crippen LogP contribution in [0.15, 0.2) is 40.9 Å². The van der Waals surface area contributed by atoms with E-state index in [0.717, 1.165) is 21.5 Å². The molecule has 0 fully saturated rings. The van der Waals surface area contributed by atoms with Crippen molar-refractivity contribution < 1.29 is 19.0 Å². The van der Waals surface area contributed by atoms with Gasteiger partial charge in [-0.05, 0) is 50.2 Å². The molecule has 0 spiro atoms. The molecule has 0 radical (unpaired) electrons. The van der Waals surface area contributed by atoms with E-state index < -0.39 is 0 Å². The first-order valence-corrected chi connectivity index (χ1v) is 8.88. The average Bonchev–Trinajstić information content (AvgIpc) is 2.62. The van der Waals surface area contributed by atoms with Gasteiger partial charge >= 0.3 is 5.97 Å². The highest BCUT2D eigenvalue weighted by Crippen LogP contribution is 2.35. The lowest BCUT2D eigenvalue weighted by Gasteiger charge is -2.16. The lowest BCUT2D eigenvalue weighted by atomic mass is 10.1. The Hall–Kier alpha value is -2.21. The van der Waals surface area contributed by atoms with Gasteiger partial charge in [-0.3, -0.25) is 0 Å². The molecule has 2 aromatic carbocycles. The Morgan fingerprint density at radius 3 is 2.44 bits per heavy atom. The monoisotopic (exact) mass is 407 g/mol. The molecule has 0 aromatic heterocycles. The fourth-order valence-electron chi connectivity index (χ4n) is 2.35. The van der Waals surface area contributed by atoms with E-state index in [4.69, 9.17) is 14.2 Å². The van der Waals surface area contributed by atoms with Gasteiger partial charge in [0.25, 0.3) is 0 Å². The molecule has 0 heterocycles. The highest BCUT2D eigenvalue weighted by atomic mass is 79.9. The molecule has 134 valence electrons. The summed E-state index contributed by atoms with van der Waals surface area (Å²) in [4.78, 5) is 11.7. The molecule has 0 bridgehead atoms. The normalized spacial score (nSPS) is 10.2. The van der Waals surface area contributed by atoms with Crippen LogP contribution in [0.5, 0.6) is 11.5 Å². The molecule has 0 saturated carbocycles. The summed E-state index contributed by atoms with van der Waals surface area (Å²) in [6.45, 7) is 5.20. The Balaban J connectivity index is 2.13. The number of ether oxygens (including phenoxy) is 3. The molecule has 0 aliphatic rings. The van der Waals surface area contributed by atoms with Crippen molar-refractivity contribution in [3.8, 4) is 11.5 Å². The Labute approximate surface area is 156 Å². The van der Waals surface area contributed by atoms with Crippen LogP contribution in [0.3, 0.4) is 0 Å². The topological polar surface area (TPSA) is 56.8 Å². The zero-order valence-electron chi connectivity index (χ0n) is 14.6. The Kier molecular flexibility index (Phi) is 7.13. The maximum absolute atomic E-state index is 11.7. The maximum atomic E-state index is 11.7. The van der Waals surface area contributed by atoms with Crippen molar-refractivity contribution >= 4 is 27.6 Å². The smallest absolute Gasteiger partial charge is 0.338 e. The van der Waals surface area contributed by atoms with Gasteiger partial charge in [0.2, 0.25) is 0 Å². The molecule has 6 heteroatoms. The minimum atomic E-state index is -0.315. The van der Waals surface area contributed by atoms with Gasteiger partial charge in [-0.1, -0.05) is 15.9 Å². The minimum absolute atomic E-state index is 0.315. The van der Waals surface area contributed by atoms with Gasteiger partial charge in [-0.25, -0.2) is 4.79 Å². The van der Waals surface area contributed by atoms with Crippen molar-refractivity contribution in [3.05, 3.63) is 52.0 Å². The van der Waals surface area contributed by atoms with E-state index in [1.54, 1.807) is 26.2 Å². The number of hydrogen-bond donors (Lipinski definition) is 1. The molecular formula is C19H22BrNO4. The van der Waals surface area contributed by atoms with E-state index in [0.29, 0.717) is 31.1 Å². The molecule has 2 rings (SSSR count). The van der Waals surface area contributed by atoms with Crippen LogP contribution in [-0.2, 0) is 11.3 Å². The summed E-state index contributed by atoms with van der Waals surface area (Å²) in [6, 6.07) is 11.1. The van der Waals surface area contributed by atoms with Gasteiger partial charge < -0.3 is 19.5 Å². The molecule has 1 N–H and O–H groups in total. The summed E-state index contributed by atoms with van der Waals surface area (Å²) in [5.74, 6) is 1.10. The molecule has 25 heavy (non-hydrogen) atoms. The van der Waals surface area contributed by atoms with Crippen molar-refractivity contribution in [1.82, 2.24) is 0 Å². The van der Waals surface area contributed by atoms with Crippen molar-refractivity contribution in [1.29, 1.82) is 0 Å². The molecule has 0 unspecified atom stereocenters. The van der Waals surface area contributed by atoms with Gasteiger partial charge in [0.05, 0.1) is 25.9 Å². The minimum Gasteiger partial charge on any atom is -0.493 e. The van der Waals surface area contributed by atoms with Crippen molar-refractivity contribution in [2.75, 3.05) is 25.6 Å². The van der Waals surface area contributed by atoms with Crippen molar-refractivity contribution in [2.45, 2.75) is 20.4 Å². The summed E-state index contributed by atoms with van der Waals surface area (Å²) in [6.07, 6.45) is 0. The number of halogens is 1. The number of carbonyl (C=O) groups excluding carboxylic acids is 1. The standard InChI is InChI=1S/C19H22BrNO4/c1-4-24-18-14(10-15(20)11-17(18)23-3)12-21-16-8-6-13(7-9-16)19(22)25-5-2/h6-11,21H,4-5,12H2,1-3H3. The number of rotatable bonds is 8. The summed E-state index contributed by atoms with van der Waals surface area (Å²) in [7, 11) is 1.62. The van der Waals surface area contributed by atoms with E-state index in [-0.39, 0.29) is 5.97 Å². The zero-order valence-corrected chi connectivity index (χ0v) is 16.2. The van der Waals surface area contributed by atoms with Crippen LogP contribution in [0, 0.1) is 0 Å². The second kappa shape index (κ2) is 9.32. The van der Waals surface area contributed by atoms with Crippen molar-refractivity contribution in [3.63, 3.8) is 0 Å². The number of anilines is 1. The van der Waals surface area contributed by atoms with E-state index in [9.17, 15) is 4.79 Å². The van der Waals surface area contributed by atoms with Gasteiger partial charge in [0.15, 0.2) is 11.5 Å². The summed E-state index contributed by atoms with van der Waals surface area (Å²) in [5, 5.41) is 3.33. The SMILES string of the molecule is CCOC(=O)c1ccc(NCc2cc(Br)cc(OC)c2OCC)cc1. The van der Waals surface area contributed by atoms with Gasteiger partial charge in [0, 0.05) is 22.3 Å². The highest BCUT2D eigenvalue weighted by Gasteiger charge is 2.12. The third kappa shape index (κ3) is 5.13. The predicted octanol–water partition coefficient (Wildman–Crippen LogP) is 4.65. The molecule has 2 aromatic rings. The van der Waals surface area contributed by atoms with E-state index in [1.807, 2.05) is 31.2 Å². The number of esters is 1. The average molecular weight is 408 g/mol. The second-order valence-electron chi connectivity index (χ2n) is 5.18. The first-order chi connectivity index (χ1) is 12.1. The second-order valence-corrected chi connectivity index (χ2v) is 6.10. The summed E-state index contributed by atoms with van der Waals surface area (Å²) in [5.41, 5.74) is 2.41. The van der Waals surface area contributed by atoms with E-state index in [1.165, 1.54) is 0 Å². The molecule has 0 saturated heterocycles. The van der Waals surface area contributed by atoms with Gasteiger partial charge in [0.1, 0.15) is 0 Å². The number of benzene rings is 2. The summed E-state index contributed by atoms with van der Waals surface area (Å²) >= 11 is 3.49. The highest BCUT2D eigenvalue weighted by molar-refractivity contribution is 9.10. The van der Waals surface area contributed by atoms with Gasteiger partial charge in [-0.15, -0.1) is 0 Å². The molecule has 5 nitrogen and oxygen atoms in total. The Bertz CT molecular complexity index is 716. The van der Waals surface area contributed by atoms with Crippen LogP contribution in [0.1, 0.15) is 29.8 Å². The van der Waals surface area contributed by atoms with Crippen LogP contribution in [-0.4, -0.2) is 26.3 Å². The molecule has 0 aliphatic carbocycles. The van der Waals surface area contributed by atoms with Gasteiger partial charge in [-0.2, -0.15) is 0 Å². The van der Waals surface area contributed by atoms with E-state index >= 15 is 0 Å². The van der Waals surface area contributed by atoms with Crippen LogP contribution < -0.4 is 14.8 Å². The number of nitrogens with one attached hydrogen (secondary N) is 1. The molecule has 0 atom stereocenters. The maximum Gasteiger partial charge on any atom is 0.338 e. The quantitative estimate of drug-likeness (QED) is 0.645. The zero-order chi connectivity index (χ0) is 18.2. The third-order valence-corrected chi connectivity index (χ3v) is 3.94. The fourth-order valence-corrected chi connectivity index (χ4v) is 2.83.